The van der Waals surface area contributed by atoms with Crippen molar-refractivity contribution in [3.63, 3.8) is 0 Å². The molecule has 3 aliphatic rings. The Balaban J connectivity index is 1.79. The van der Waals surface area contributed by atoms with Crippen LogP contribution in [-0.2, 0) is 19.1 Å². The summed E-state index contributed by atoms with van der Waals surface area (Å²) in [6.45, 7) is 20.3. The minimum atomic E-state index is -1.16. The van der Waals surface area contributed by atoms with E-state index in [1.807, 2.05) is 65.8 Å². The number of hydrogen-bond acceptors (Lipinski definition) is 6. The van der Waals surface area contributed by atoms with E-state index >= 15 is 0 Å². The van der Waals surface area contributed by atoms with Crippen LogP contribution < -0.4 is 9.64 Å². The standard InChI is InChI=1S/C34H49N3O6/c1-9-18-35(23-12-14-25(15-13-23)42-11-3)30(39)27-26-16-17-34(43-26)28(27)31(40)37(24(21-38)20-22(4)5)29(34)32(41)36(19-10-2)33(6,7)8/h9-10,12-15,22,24,26-29,38H,1-2,11,16-21H2,3-8H3/t24-,26+,27-,28+,29?,34?/m1/s1. The van der Waals surface area contributed by atoms with Gasteiger partial charge in [-0.3, -0.25) is 14.4 Å². The minimum Gasteiger partial charge on any atom is -0.494 e. The highest BCUT2D eigenvalue weighted by molar-refractivity contribution is 6.03. The van der Waals surface area contributed by atoms with Crippen LogP contribution in [0, 0.1) is 17.8 Å². The lowest BCUT2D eigenvalue weighted by molar-refractivity contribution is -0.154. The molecule has 9 heteroatoms. The molecule has 3 heterocycles. The van der Waals surface area contributed by atoms with Crippen LogP contribution in [0.2, 0.25) is 0 Å². The molecule has 3 fully saturated rings. The van der Waals surface area contributed by atoms with Crippen LogP contribution in [0.5, 0.6) is 5.75 Å². The zero-order chi connectivity index (χ0) is 31.7. The van der Waals surface area contributed by atoms with Crippen molar-refractivity contribution in [2.75, 3.05) is 31.2 Å². The smallest absolute Gasteiger partial charge is 0.249 e. The monoisotopic (exact) mass is 595 g/mol. The van der Waals surface area contributed by atoms with Gasteiger partial charge in [-0.2, -0.15) is 0 Å². The summed E-state index contributed by atoms with van der Waals surface area (Å²) >= 11 is 0. The molecule has 1 N–H and O–H groups in total. The van der Waals surface area contributed by atoms with E-state index in [1.165, 1.54) is 0 Å². The first kappa shape index (κ1) is 32.7. The van der Waals surface area contributed by atoms with Gasteiger partial charge in [-0.05, 0) is 77.1 Å². The summed E-state index contributed by atoms with van der Waals surface area (Å²) in [5, 5.41) is 10.6. The van der Waals surface area contributed by atoms with E-state index < -0.39 is 41.2 Å². The van der Waals surface area contributed by atoms with Crippen LogP contribution in [0.1, 0.15) is 60.8 Å². The quantitative estimate of drug-likeness (QED) is 0.343. The van der Waals surface area contributed by atoms with E-state index in [-0.39, 0.29) is 36.8 Å². The molecule has 0 radical (unpaired) electrons. The molecule has 3 amide bonds. The Labute approximate surface area is 256 Å². The molecule has 0 saturated carbocycles. The van der Waals surface area contributed by atoms with Crippen molar-refractivity contribution in [1.29, 1.82) is 0 Å². The number of carbonyl (C=O) groups excluding carboxylic acids is 3. The fraction of sp³-hybridized carbons (Fsp3) is 0.618. The number of hydrogen-bond donors (Lipinski definition) is 1. The molecule has 236 valence electrons. The highest BCUT2D eigenvalue weighted by Crippen LogP contribution is 2.59. The highest BCUT2D eigenvalue weighted by atomic mass is 16.5. The predicted molar refractivity (Wildman–Crippen MR) is 167 cm³/mol. The Bertz CT molecular complexity index is 1210. The lowest BCUT2D eigenvalue weighted by atomic mass is 9.70. The van der Waals surface area contributed by atoms with Crippen molar-refractivity contribution >= 4 is 23.4 Å². The summed E-state index contributed by atoms with van der Waals surface area (Å²) in [6, 6.07) is 5.74. The normalized spacial score (nSPS) is 26.8. The molecule has 6 atom stereocenters. The Morgan fingerprint density at radius 3 is 2.35 bits per heavy atom. The average Bonchev–Trinajstić information content (AvgIpc) is 3.60. The van der Waals surface area contributed by atoms with Gasteiger partial charge < -0.3 is 29.3 Å². The van der Waals surface area contributed by atoms with Gasteiger partial charge in [0.15, 0.2) is 0 Å². The van der Waals surface area contributed by atoms with Gasteiger partial charge in [-0.25, -0.2) is 0 Å². The Kier molecular flexibility index (Phi) is 9.76. The van der Waals surface area contributed by atoms with Crippen molar-refractivity contribution < 1.29 is 29.0 Å². The number of nitrogens with zero attached hydrogens (tertiary/aromatic N) is 3. The van der Waals surface area contributed by atoms with Gasteiger partial charge in [0.1, 0.15) is 17.4 Å². The van der Waals surface area contributed by atoms with Crippen molar-refractivity contribution in [2.24, 2.45) is 17.8 Å². The van der Waals surface area contributed by atoms with E-state index in [4.69, 9.17) is 9.47 Å². The van der Waals surface area contributed by atoms with Crippen LogP contribution >= 0.6 is 0 Å². The van der Waals surface area contributed by atoms with Gasteiger partial charge in [0, 0.05) is 24.3 Å². The van der Waals surface area contributed by atoms with Crippen LogP contribution in [0.15, 0.2) is 49.6 Å². The van der Waals surface area contributed by atoms with Gasteiger partial charge in [-0.15, -0.1) is 13.2 Å². The molecule has 1 aromatic carbocycles. The van der Waals surface area contributed by atoms with Gasteiger partial charge >= 0.3 is 0 Å². The fourth-order valence-electron chi connectivity index (χ4n) is 7.36. The third-order valence-corrected chi connectivity index (χ3v) is 9.03. The molecule has 4 rings (SSSR count). The molecular weight excluding hydrogens is 546 g/mol. The first-order valence-electron chi connectivity index (χ1n) is 15.5. The number of ether oxygens (including phenoxy) is 2. The molecule has 0 aliphatic carbocycles. The number of rotatable bonds is 13. The second kappa shape index (κ2) is 12.8. The fourth-order valence-corrected chi connectivity index (χ4v) is 7.36. The van der Waals surface area contributed by atoms with E-state index in [0.717, 1.165) is 0 Å². The van der Waals surface area contributed by atoms with Crippen LogP contribution in [0.25, 0.3) is 0 Å². The Morgan fingerprint density at radius 1 is 1.16 bits per heavy atom. The second-order valence-electron chi connectivity index (χ2n) is 13.3. The molecule has 3 saturated heterocycles. The van der Waals surface area contributed by atoms with E-state index in [0.29, 0.717) is 43.9 Å². The summed E-state index contributed by atoms with van der Waals surface area (Å²) in [4.78, 5) is 48.6. The number of aliphatic hydroxyl groups excluding tert-OH is 1. The van der Waals surface area contributed by atoms with Crippen LogP contribution in [0.3, 0.4) is 0 Å². The number of fused-ring (bicyclic) bond motifs is 1. The number of benzene rings is 1. The number of anilines is 1. The molecule has 9 nitrogen and oxygen atoms in total. The van der Waals surface area contributed by atoms with Gasteiger partial charge in [-0.1, -0.05) is 26.0 Å². The van der Waals surface area contributed by atoms with Crippen molar-refractivity contribution in [1.82, 2.24) is 9.80 Å². The Morgan fingerprint density at radius 2 is 1.81 bits per heavy atom. The second-order valence-corrected chi connectivity index (χ2v) is 13.3. The number of carbonyl (C=O) groups is 3. The molecule has 2 bridgehead atoms. The third-order valence-electron chi connectivity index (χ3n) is 9.03. The van der Waals surface area contributed by atoms with Crippen molar-refractivity contribution in [2.45, 2.75) is 90.1 Å². The summed E-state index contributed by atoms with van der Waals surface area (Å²) in [7, 11) is 0. The largest absolute Gasteiger partial charge is 0.494 e. The highest BCUT2D eigenvalue weighted by Gasteiger charge is 2.75. The molecule has 2 unspecified atom stereocenters. The van der Waals surface area contributed by atoms with Crippen molar-refractivity contribution in [3.8, 4) is 5.75 Å². The molecule has 1 spiro atoms. The SMILES string of the molecule is C=CCN(C(=O)[C@@H]1[C@@H]2CCC3(O2)C(C(=O)N(CC=C)C(C)(C)C)N([C@@H](CO)CC(C)C)C(=O)[C@H]13)c1ccc(OCC)cc1. The number of amides is 3. The van der Waals surface area contributed by atoms with Gasteiger partial charge in [0.2, 0.25) is 17.7 Å². The molecule has 1 aromatic rings. The molecule has 43 heavy (non-hydrogen) atoms. The third kappa shape index (κ3) is 5.86. The number of aliphatic hydroxyl groups is 1. The molecular formula is C34H49N3O6. The van der Waals surface area contributed by atoms with Gasteiger partial charge in [0.25, 0.3) is 0 Å². The average molecular weight is 596 g/mol. The first-order chi connectivity index (χ1) is 20.4. The predicted octanol–water partition coefficient (Wildman–Crippen LogP) is 4.20. The topological polar surface area (TPSA) is 99.6 Å². The molecule has 0 aromatic heterocycles. The maximum Gasteiger partial charge on any atom is 0.249 e. The first-order valence-corrected chi connectivity index (χ1v) is 15.5. The summed E-state index contributed by atoms with van der Waals surface area (Å²) < 4.78 is 12.3. The van der Waals surface area contributed by atoms with E-state index in [9.17, 15) is 19.5 Å². The van der Waals surface area contributed by atoms with E-state index in [1.54, 1.807) is 26.9 Å². The zero-order valence-electron chi connectivity index (χ0n) is 26.6. The maximum atomic E-state index is 14.6. The van der Waals surface area contributed by atoms with E-state index in [2.05, 4.69) is 13.2 Å². The lowest BCUT2D eigenvalue weighted by Gasteiger charge is -2.43. The van der Waals surface area contributed by atoms with Crippen molar-refractivity contribution in [3.05, 3.63) is 49.6 Å². The summed E-state index contributed by atoms with van der Waals surface area (Å²) in [6.07, 6.45) is 4.42. The minimum absolute atomic E-state index is 0.169. The molecule has 3 aliphatic heterocycles. The zero-order valence-corrected chi connectivity index (χ0v) is 26.6. The maximum absolute atomic E-state index is 14.6. The van der Waals surface area contributed by atoms with Gasteiger partial charge in [0.05, 0.1) is 37.2 Å². The summed E-state index contributed by atoms with van der Waals surface area (Å²) in [5.41, 5.74) is -1.05. The number of likely N-dealkylation sites (tertiary alicyclic amines) is 1. The lowest BCUT2D eigenvalue weighted by Crippen LogP contribution is -2.61. The van der Waals surface area contributed by atoms with Crippen LogP contribution in [-0.4, -0.2) is 88.3 Å². The van der Waals surface area contributed by atoms with Crippen LogP contribution in [0.4, 0.5) is 5.69 Å². The summed E-state index contributed by atoms with van der Waals surface area (Å²) in [5.74, 6) is -1.51. The Hall–Kier alpha value is -3.17.